The first-order valence-corrected chi connectivity index (χ1v) is 6.80. The summed E-state index contributed by atoms with van der Waals surface area (Å²) in [5.74, 6) is 0.0457. The van der Waals surface area contributed by atoms with Gasteiger partial charge >= 0.3 is 0 Å². The molecule has 2 aromatic rings. The second-order valence-electron chi connectivity index (χ2n) is 4.21. The standard InChI is InChI=1S/C12H14N2O3S/c1-8-11(18(16,17)14(2)3)7-9-5-4-6-10(15)12(9)13-8/h4-7,15H,1-3H3. The molecule has 0 spiro atoms. The lowest BCUT2D eigenvalue weighted by atomic mass is 10.2. The normalized spacial score (nSPS) is 12.2. The molecule has 0 radical (unpaired) electrons. The number of hydrogen-bond acceptors (Lipinski definition) is 4. The minimum Gasteiger partial charge on any atom is -0.506 e. The Morgan fingerprint density at radius 1 is 1.28 bits per heavy atom. The van der Waals surface area contributed by atoms with Gasteiger partial charge in [0.25, 0.3) is 0 Å². The highest BCUT2D eigenvalue weighted by Crippen LogP contribution is 2.27. The van der Waals surface area contributed by atoms with Crippen LogP contribution in [-0.2, 0) is 10.0 Å². The summed E-state index contributed by atoms with van der Waals surface area (Å²) in [4.78, 5) is 4.33. The van der Waals surface area contributed by atoms with Crippen molar-refractivity contribution in [3.63, 3.8) is 0 Å². The second kappa shape index (κ2) is 4.22. The lowest BCUT2D eigenvalue weighted by Gasteiger charge is -2.14. The molecule has 0 amide bonds. The maximum absolute atomic E-state index is 12.1. The molecule has 96 valence electrons. The summed E-state index contributed by atoms with van der Waals surface area (Å²) in [6, 6.07) is 6.43. The van der Waals surface area contributed by atoms with Gasteiger partial charge in [-0.1, -0.05) is 12.1 Å². The van der Waals surface area contributed by atoms with Crippen molar-refractivity contribution in [2.45, 2.75) is 11.8 Å². The Kier molecular flexibility index (Phi) is 3.00. The number of rotatable bonds is 2. The third kappa shape index (κ3) is 1.93. The molecule has 0 fully saturated rings. The number of para-hydroxylation sites is 1. The molecule has 6 heteroatoms. The van der Waals surface area contributed by atoms with E-state index >= 15 is 0 Å². The number of sulfonamides is 1. The molecule has 0 unspecified atom stereocenters. The molecular weight excluding hydrogens is 252 g/mol. The molecule has 1 N–H and O–H groups in total. The van der Waals surface area contributed by atoms with Gasteiger partial charge in [0.15, 0.2) is 0 Å². The predicted octanol–water partition coefficient (Wildman–Crippen LogP) is 1.50. The zero-order chi connectivity index (χ0) is 13.5. The van der Waals surface area contributed by atoms with Crippen molar-refractivity contribution in [2.24, 2.45) is 0 Å². The molecule has 0 saturated carbocycles. The molecule has 1 aromatic carbocycles. The zero-order valence-electron chi connectivity index (χ0n) is 10.4. The quantitative estimate of drug-likeness (QED) is 0.894. The smallest absolute Gasteiger partial charge is 0.244 e. The Balaban J connectivity index is 2.80. The molecule has 1 heterocycles. The number of hydrogen-bond donors (Lipinski definition) is 1. The minimum atomic E-state index is -3.52. The fourth-order valence-electron chi connectivity index (χ4n) is 1.71. The van der Waals surface area contributed by atoms with Crippen LogP contribution in [-0.4, -0.2) is 36.9 Å². The van der Waals surface area contributed by atoms with E-state index in [1.165, 1.54) is 26.2 Å². The predicted molar refractivity (Wildman–Crippen MR) is 69.0 cm³/mol. The number of phenols is 1. The van der Waals surface area contributed by atoms with Crippen molar-refractivity contribution in [3.05, 3.63) is 30.0 Å². The second-order valence-corrected chi connectivity index (χ2v) is 6.33. The van der Waals surface area contributed by atoms with Crippen LogP contribution in [0.5, 0.6) is 5.75 Å². The highest BCUT2D eigenvalue weighted by molar-refractivity contribution is 7.89. The van der Waals surface area contributed by atoms with Crippen LogP contribution in [0.1, 0.15) is 5.69 Å². The molecule has 0 bridgehead atoms. The molecule has 0 saturated heterocycles. The van der Waals surface area contributed by atoms with Gasteiger partial charge in [0.2, 0.25) is 10.0 Å². The fourth-order valence-corrected chi connectivity index (χ4v) is 2.80. The summed E-state index contributed by atoms with van der Waals surface area (Å²) in [6.07, 6.45) is 0. The summed E-state index contributed by atoms with van der Waals surface area (Å²) >= 11 is 0. The maximum Gasteiger partial charge on any atom is 0.244 e. The van der Waals surface area contributed by atoms with E-state index in [2.05, 4.69) is 4.98 Å². The Bertz CT molecular complexity index is 709. The van der Waals surface area contributed by atoms with E-state index in [0.29, 0.717) is 16.6 Å². The third-order valence-electron chi connectivity index (χ3n) is 2.73. The summed E-state index contributed by atoms with van der Waals surface area (Å²) in [5.41, 5.74) is 0.783. The first kappa shape index (κ1) is 12.8. The van der Waals surface area contributed by atoms with Crippen LogP contribution in [0.2, 0.25) is 0 Å². The Morgan fingerprint density at radius 2 is 1.94 bits per heavy atom. The van der Waals surface area contributed by atoms with Crippen LogP contribution in [0.4, 0.5) is 0 Å². The molecular formula is C12H14N2O3S. The lowest BCUT2D eigenvalue weighted by molar-refractivity contribution is 0.480. The lowest BCUT2D eigenvalue weighted by Crippen LogP contribution is -2.23. The van der Waals surface area contributed by atoms with Gasteiger partial charge in [0.05, 0.1) is 5.69 Å². The largest absolute Gasteiger partial charge is 0.506 e. The van der Waals surface area contributed by atoms with Gasteiger partial charge in [0.1, 0.15) is 16.2 Å². The van der Waals surface area contributed by atoms with Crippen molar-refractivity contribution in [2.75, 3.05) is 14.1 Å². The van der Waals surface area contributed by atoms with E-state index in [1.807, 2.05) is 0 Å². The first-order chi connectivity index (χ1) is 8.34. The number of benzene rings is 1. The van der Waals surface area contributed by atoms with Crippen LogP contribution in [0.3, 0.4) is 0 Å². The number of aromatic nitrogens is 1. The van der Waals surface area contributed by atoms with Crippen LogP contribution >= 0.6 is 0 Å². The van der Waals surface area contributed by atoms with Gasteiger partial charge in [-0.05, 0) is 19.1 Å². The third-order valence-corrected chi connectivity index (χ3v) is 4.66. The van der Waals surface area contributed by atoms with E-state index in [0.717, 1.165) is 4.31 Å². The molecule has 5 nitrogen and oxygen atoms in total. The van der Waals surface area contributed by atoms with E-state index in [1.54, 1.807) is 19.1 Å². The highest BCUT2D eigenvalue weighted by Gasteiger charge is 2.21. The Morgan fingerprint density at radius 3 is 2.56 bits per heavy atom. The van der Waals surface area contributed by atoms with E-state index in [-0.39, 0.29) is 10.6 Å². The molecule has 1 aromatic heterocycles. The highest BCUT2D eigenvalue weighted by atomic mass is 32.2. The van der Waals surface area contributed by atoms with Crippen LogP contribution in [0, 0.1) is 6.92 Å². The van der Waals surface area contributed by atoms with Crippen LogP contribution < -0.4 is 0 Å². The van der Waals surface area contributed by atoms with Gasteiger partial charge in [-0.3, -0.25) is 0 Å². The van der Waals surface area contributed by atoms with E-state index in [4.69, 9.17) is 0 Å². The number of nitrogens with zero attached hydrogens (tertiary/aromatic N) is 2. The summed E-state index contributed by atoms with van der Waals surface area (Å²) in [7, 11) is -0.575. The number of phenolic OH excluding ortho intramolecular Hbond substituents is 1. The van der Waals surface area contributed by atoms with Crippen LogP contribution in [0.25, 0.3) is 10.9 Å². The Labute approximate surface area is 106 Å². The summed E-state index contributed by atoms with van der Waals surface area (Å²) < 4.78 is 25.4. The average molecular weight is 266 g/mol. The molecule has 0 aliphatic carbocycles. The molecule has 2 rings (SSSR count). The molecule has 0 aliphatic rings. The van der Waals surface area contributed by atoms with Gasteiger partial charge in [-0.2, -0.15) is 0 Å². The van der Waals surface area contributed by atoms with Crippen molar-refractivity contribution in [1.29, 1.82) is 0 Å². The first-order valence-electron chi connectivity index (χ1n) is 5.36. The topological polar surface area (TPSA) is 70.5 Å². The average Bonchev–Trinajstić information content (AvgIpc) is 2.29. The number of aryl methyl sites for hydroxylation is 1. The molecule has 0 atom stereocenters. The minimum absolute atomic E-state index is 0.0457. The van der Waals surface area contributed by atoms with Gasteiger partial charge in [0, 0.05) is 19.5 Å². The van der Waals surface area contributed by atoms with Crippen molar-refractivity contribution in [3.8, 4) is 5.75 Å². The molecule has 18 heavy (non-hydrogen) atoms. The maximum atomic E-state index is 12.1. The van der Waals surface area contributed by atoms with Gasteiger partial charge in [-0.25, -0.2) is 17.7 Å². The fraction of sp³-hybridized carbons (Fsp3) is 0.250. The van der Waals surface area contributed by atoms with E-state index < -0.39 is 10.0 Å². The van der Waals surface area contributed by atoms with Gasteiger partial charge < -0.3 is 5.11 Å². The van der Waals surface area contributed by atoms with Crippen molar-refractivity contribution in [1.82, 2.24) is 9.29 Å². The summed E-state index contributed by atoms with van der Waals surface area (Å²) in [5, 5.41) is 10.3. The number of fused-ring (bicyclic) bond motifs is 1. The van der Waals surface area contributed by atoms with Crippen LogP contribution in [0.15, 0.2) is 29.2 Å². The Hall–Kier alpha value is -1.66. The zero-order valence-corrected chi connectivity index (χ0v) is 11.2. The molecule has 0 aliphatic heterocycles. The SMILES string of the molecule is Cc1nc2c(O)cccc2cc1S(=O)(=O)N(C)C. The van der Waals surface area contributed by atoms with E-state index in [9.17, 15) is 13.5 Å². The van der Waals surface area contributed by atoms with Gasteiger partial charge in [-0.15, -0.1) is 0 Å². The van der Waals surface area contributed by atoms with Crippen molar-refractivity contribution < 1.29 is 13.5 Å². The number of aromatic hydroxyl groups is 1. The monoisotopic (exact) mass is 266 g/mol. The summed E-state index contributed by atoms with van der Waals surface area (Å²) in [6.45, 7) is 1.61. The number of pyridine rings is 1. The van der Waals surface area contributed by atoms with Crippen molar-refractivity contribution >= 4 is 20.9 Å².